The van der Waals surface area contributed by atoms with Crippen molar-refractivity contribution in [2.24, 2.45) is 10.7 Å². The number of nitriles is 1. The number of hydrogen-bond acceptors (Lipinski definition) is 5. The van der Waals surface area contributed by atoms with Crippen LogP contribution in [-0.4, -0.2) is 90.5 Å². The van der Waals surface area contributed by atoms with Crippen molar-refractivity contribution in [3.63, 3.8) is 0 Å². The number of nitrogens with zero attached hydrogens (tertiary/aromatic N) is 5. The maximum atomic E-state index is 13.5. The number of nitrogens with one attached hydrogen (secondary N) is 2. The van der Waals surface area contributed by atoms with Gasteiger partial charge in [0.15, 0.2) is 6.19 Å². The smallest absolute Gasteiger partial charge is 0.232 e. The van der Waals surface area contributed by atoms with Crippen molar-refractivity contribution in [1.29, 1.82) is 5.26 Å². The summed E-state index contributed by atoms with van der Waals surface area (Å²) in [4.78, 5) is 28.5. The molecule has 0 bridgehead atoms. The topological polar surface area (TPSA) is 117 Å². The molecule has 3 aromatic rings. The summed E-state index contributed by atoms with van der Waals surface area (Å²) in [6.45, 7) is 19.4. The third-order valence-corrected chi connectivity index (χ3v) is 8.85. The van der Waals surface area contributed by atoms with Gasteiger partial charge < -0.3 is 20.5 Å². The largest absolute Gasteiger partial charge is 0.354 e. The summed E-state index contributed by atoms with van der Waals surface area (Å²) in [5, 5.41) is 13.4. The molecule has 1 amide bonds. The molecule has 2 heterocycles. The monoisotopic (exact) mass is 614 g/mol. The van der Waals surface area contributed by atoms with Crippen molar-refractivity contribution in [1.82, 2.24) is 25.0 Å². The van der Waals surface area contributed by atoms with Crippen LogP contribution in [0.1, 0.15) is 63.8 Å². The zero-order valence-corrected chi connectivity index (χ0v) is 27.5. The maximum absolute atomic E-state index is 13.5. The van der Waals surface area contributed by atoms with Crippen molar-refractivity contribution in [2.45, 2.75) is 67.2 Å². The lowest BCUT2D eigenvalue weighted by molar-refractivity contribution is -0.135. The molecule has 1 fully saturated rings. The van der Waals surface area contributed by atoms with E-state index in [9.17, 15) is 10.1 Å². The summed E-state index contributed by atoms with van der Waals surface area (Å²) >= 11 is 0. The van der Waals surface area contributed by atoms with Crippen LogP contribution in [0.2, 0.25) is 0 Å². The predicted octanol–water partition coefficient (Wildman–Crippen LogP) is 5.17. The number of aliphatic imine (C=N–C) groups is 1. The molecule has 0 spiro atoms. The summed E-state index contributed by atoms with van der Waals surface area (Å²) in [5.74, 6) is 0.788. The van der Waals surface area contributed by atoms with Crippen LogP contribution in [0.15, 0.2) is 41.4 Å². The number of likely N-dealkylation sites (N-methyl/N-ethyl adjacent to an activating group) is 1. The molecule has 1 aliphatic heterocycles. The van der Waals surface area contributed by atoms with Gasteiger partial charge in [-0.25, -0.2) is 0 Å². The molecule has 4 rings (SSSR count). The number of aryl methyl sites for hydroxylation is 3. The summed E-state index contributed by atoms with van der Waals surface area (Å²) in [5.41, 5.74) is 13.1. The van der Waals surface area contributed by atoms with E-state index in [1.807, 2.05) is 32.6 Å². The summed E-state index contributed by atoms with van der Waals surface area (Å²) in [6.07, 6.45) is 3.70. The van der Waals surface area contributed by atoms with Crippen molar-refractivity contribution in [3.8, 4) is 17.5 Å². The van der Waals surface area contributed by atoms with Crippen LogP contribution in [-0.2, 0) is 16.6 Å². The molecule has 1 aliphatic rings. The number of aromatic nitrogens is 1. The first kappa shape index (κ1) is 35.6. The first-order chi connectivity index (χ1) is 21.1. The van der Waals surface area contributed by atoms with Gasteiger partial charge in [0.05, 0.1) is 5.41 Å². The number of rotatable bonds is 11. The van der Waals surface area contributed by atoms with Crippen LogP contribution in [0, 0.1) is 25.3 Å². The summed E-state index contributed by atoms with van der Waals surface area (Å²) < 4.78 is 0. The Balaban J connectivity index is 0.00000552. The van der Waals surface area contributed by atoms with Crippen LogP contribution < -0.4 is 11.1 Å². The Morgan fingerprint density at radius 2 is 1.76 bits per heavy atom. The molecule has 0 aliphatic carbocycles. The maximum Gasteiger partial charge on any atom is 0.232 e. The van der Waals surface area contributed by atoms with E-state index >= 15 is 0 Å². The first-order valence-corrected chi connectivity index (χ1v) is 16.0. The number of H-pyrrole nitrogens is 1. The van der Waals surface area contributed by atoms with E-state index in [4.69, 9.17) is 10.7 Å². The van der Waals surface area contributed by atoms with Gasteiger partial charge in [-0.1, -0.05) is 30.7 Å². The zero-order chi connectivity index (χ0) is 31.9. The normalized spacial score (nSPS) is 14.3. The van der Waals surface area contributed by atoms with Gasteiger partial charge in [-0.15, -0.1) is 0 Å². The summed E-state index contributed by atoms with van der Waals surface area (Å²) in [7, 11) is 0. The number of nitrogens with two attached hydrogens (primary N) is 1. The lowest BCUT2D eigenvalue weighted by atomic mass is 9.82. The van der Waals surface area contributed by atoms with Gasteiger partial charge in [0.2, 0.25) is 11.9 Å². The molecule has 2 aromatic carbocycles. The fourth-order valence-corrected chi connectivity index (χ4v) is 6.37. The standard InChI is InChI=1S/C35H50N8O.CH4/c1-7-42(8-2)33(44)35(5,6)28-11-12-31-30(23-28)29(32(40-31)27-21-25(3)20-26(4)22-27)10-9-14-38-34(39-24-37)43-18-16-41(15-13-36)17-19-43;/h11-12,20-23,40H,7-10,13-19,36H2,1-6H3,(H,38,39);1H4. The van der Waals surface area contributed by atoms with E-state index in [0.717, 1.165) is 67.7 Å². The predicted molar refractivity (Wildman–Crippen MR) is 187 cm³/mol. The van der Waals surface area contributed by atoms with Gasteiger partial charge in [0.1, 0.15) is 0 Å². The van der Waals surface area contributed by atoms with Gasteiger partial charge >= 0.3 is 0 Å². The van der Waals surface area contributed by atoms with E-state index in [-0.39, 0.29) is 13.3 Å². The molecule has 0 atom stereocenters. The second kappa shape index (κ2) is 15.9. The lowest BCUT2D eigenvalue weighted by Crippen LogP contribution is -2.52. The van der Waals surface area contributed by atoms with Crippen LogP contribution in [0.25, 0.3) is 22.2 Å². The van der Waals surface area contributed by atoms with E-state index < -0.39 is 5.41 Å². The number of hydrogen-bond donors (Lipinski definition) is 3. The fourth-order valence-electron chi connectivity index (χ4n) is 6.37. The summed E-state index contributed by atoms with van der Waals surface area (Å²) in [6, 6.07) is 13.1. The van der Waals surface area contributed by atoms with Crippen molar-refractivity contribution in [3.05, 3.63) is 58.7 Å². The molecule has 1 saturated heterocycles. The quantitative estimate of drug-likeness (QED) is 0.0902. The number of carbonyl (C=O) groups excluding carboxylic acids is 1. The highest BCUT2D eigenvalue weighted by molar-refractivity contribution is 5.94. The van der Waals surface area contributed by atoms with Gasteiger partial charge in [0.25, 0.3) is 0 Å². The minimum atomic E-state index is -0.648. The molecular weight excluding hydrogens is 560 g/mol. The zero-order valence-electron chi connectivity index (χ0n) is 27.5. The second-order valence-corrected chi connectivity index (χ2v) is 12.4. The number of aromatic amines is 1. The van der Waals surface area contributed by atoms with E-state index in [1.165, 1.54) is 22.3 Å². The number of amides is 1. The third-order valence-electron chi connectivity index (χ3n) is 8.85. The molecule has 9 heteroatoms. The van der Waals surface area contributed by atoms with Crippen molar-refractivity contribution >= 4 is 22.8 Å². The Labute approximate surface area is 270 Å². The molecule has 9 nitrogen and oxygen atoms in total. The van der Waals surface area contributed by atoms with Crippen molar-refractivity contribution in [2.75, 3.05) is 58.9 Å². The number of benzene rings is 2. The van der Waals surface area contributed by atoms with Crippen LogP contribution in [0.3, 0.4) is 0 Å². The highest BCUT2D eigenvalue weighted by Gasteiger charge is 2.33. The van der Waals surface area contributed by atoms with Crippen LogP contribution in [0.5, 0.6) is 0 Å². The van der Waals surface area contributed by atoms with Crippen LogP contribution >= 0.6 is 0 Å². The number of guanidine groups is 1. The highest BCUT2D eigenvalue weighted by atomic mass is 16.2. The van der Waals surface area contributed by atoms with E-state index in [2.05, 4.69) is 76.5 Å². The minimum absolute atomic E-state index is 0. The second-order valence-electron chi connectivity index (χ2n) is 12.4. The Hall–Kier alpha value is -3.87. The number of fused-ring (bicyclic) bond motifs is 1. The molecule has 0 unspecified atom stereocenters. The Morgan fingerprint density at radius 1 is 1.09 bits per heavy atom. The molecule has 0 radical (unpaired) electrons. The van der Waals surface area contributed by atoms with E-state index in [0.29, 0.717) is 32.1 Å². The number of piperazine rings is 1. The Morgan fingerprint density at radius 3 is 2.36 bits per heavy atom. The van der Waals surface area contributed by atoms with Crippen molar-refractivity contribution < 1.29 is 4.79 Å². The third kappa shape index (κ3) is 8.24. The Kier molecular flexibility index (Phi) is 12.6. The highest BCUT2D eigenvalue weighted by Crippen LogP contribution is 2.36. The minimum Gasteiger partial charge on any atom is -0.354 e. The molecule has 1 aromatic heterocycles. The SMILES string of the molecule is C.CCN(CC)C(=O)C(C)(C)c1ccc2[nH]c(-c3cc(C)cc(C)c3)c(CCCN=C(NC#N)N3CCN(CCN)CC3)c2c1. The molecule has 0 saturated carbocycles. The molecule has 45 heavy (non-hydrogen) atoms. The van der Waals surface area contributed by atoms with Crippen LogP contribution in [0.4, 0.5) is 0 Å². The molecule has 244 valence electrons. The average molecular weight is 615 g/mol. The average Bonchev–Trinajstić information content (AvgIpc) is 3.37. The Bertz CT molecular complexity index is 1480. The van der Waals surface area contributed by atoms with Gasteiger partial charge in [-0.3, -0.25) is 20.0 Å². The number of carbonyl (C=O) groups is 1. The van der Waals surface area contributed by atoms with Gasteiger partial charge in [-0.05, 0) is 95.3 Å². The lowest BCUT2D eigenvalue weighted by Gasteiger charge is -2.35. The molecule has 4 N–H and O–H groups in total. The van der Waals surface area contributed by atoms with Gasteiger partial charge in [0, 0.05) is 75.5 Å². The van der Waals surface area contributed by atoms with E-state index in [1.54, 1.807) is 0 Å². The fraction of sp³-hybridized carbons (Fsp3) is 0.528. The van der Waals surface area contributed by atoms with Gasteiger partial charge in [-0.2, -0.15) is 5.26 Å². The first-order valence-electron chi connectivity index (χ1n) is 16.0. The molecular formula is C36H54N8O.